The highest BCUT2D eigenvalue weighted by Gasteiger charge is 2.27. The Morgan fingerprint density at radius 1 is 1.41 bits per heavy atom. The zero-order valence-corrected chi connectivity index (χ0v) is 9.67. The molecular weight excluding hydrogens is 226 g/mol. The van der Waals surface area contributed by atoms with Gasteiger partial charge in [-0.15, -0.1) is 0 Å². The number of rotatable bonds is 5. The third-order valence-electron chi connectivity index (χ3n) is 2.46. The molecule has 0 heterocycles. The van der Waals surface area contributed by atoms with Crippen LogP contribution in [0.25, 0.3) is 0 Å². The van der Waals surface area contributed by atoms with Crippen molar-refractivity contribution in [1.82, 2.24) is 5.32 Å². The maximum atomic E-state index is 12.8. The first kappa shape index (κ1) is 13.6. The number of nitrogens with one attached hydrogen (secondary N) is 1. The molecule has 0 fully saturated rings. The summed E-state index contributed by atoms with van der Waals surface area (Å²) in [6, 6.07) is 7.34. The number of hydrogen-bond acceptors (Lipinski definition) is 2. The van der Waals surface area contributed by atoms with E-state index in [-0.39, 0.29) is 6.42 Å². The smallest absolute Gasteiger partial charge is 0.277 e. The standard InChI is InChI=1S/C12H16F2N2O/c1-9-4-2-3-5-10(9)6-11(17)16-8-12(13,14)7-15/h2-5H,6-8,15H2,1H3,(H,16,17). The highest BCUT2D eigenvalue weighted by molar-refractivity contribution is 5.78. The van der Waals surface area contributed by atoms with Crippen LogP contribution in [0.3, 0.4) is 0 Å². The molecule has 3 nitrogen and oxygen atoms in total. The maximum Gasteiger partial charge on any atom is 0.277 e. The number of aryl methyl sites for hydroxylation is 1. The van der Waals surface area contributed by atoms with Crippen LogP contribution in [0.1, 0.15) is 11.1 Å². The number of carbonyl (C=O) groups is 1. The third kappa shape index (κ3) is 4.48. The van der Waals surface area contributed by atoms with Crippen molar-refractivity contribution in [2.45, 2.75) is 19.3 Å². The second kappa shape index (κ2) is 5.72. The fourth-order valence-corrected chi connectivity index (χ4v) is 1.34. The maximum absolute atomic E-state index is 12.8. The Morgan fingerprint density at radius 2 is 2.06 bits per heavy atom. The van der Waals surface area contributed by atoms with Gasteiger partial charge in [0.05, 0.1) is 19.5 Å². The van der Waals surface area contributed by atoms with E-state index >= 15 is 0 Å². The second-order valence-corrected chi connectivity index (χ2v) is 3.94. The Morgan fingerprint density at radius 3 is 2.65 bits per heavy atom. The Balaban J connectivity index is 2.48. The van der Waals surface area contributed by atoms with Crippen molar-refractivity contribution in [3.8, 4) is 0 Å². The highest BCUT2D eigenvalue weighted by Crippen LogP contribution is 2.10. The second-order valence-electron chi connectivity index (χ2n) is 3.94. The van der Waals surface area contributed by atoms with Gasteiger partial charge in [-0.3, -0.25) is 4.79 Å². The lowest BCUT2D eigenvalue weighted by Crippen LogP contribution is -2.42. The van der Waals surface area contributed by atoms with Gasteiger partial charge in [-0.2, -0.15) is 0 Å². The summed E-state index contributed by atoms with van der Waals surface area (Å²) in [5.41, 5.74) is 6.67. The third-order valence-corrected chi connectivity index (χ3v) is 2.46. The lowest BCUT2D eigenvalue weighted by molar-refractivity contribution is -0.122. The average molecular weight is 242 g/mol. The molecule has 1 amide bonds. The van der Waals surface area contributed by atoms with Crippen molar-refractivity contribution < 1.29 is 13.6 Å². The van der Waals surface area contributed by atoms with Crippen molar-refractivity contribution >= 4 is 5.91 Å². The molecule has 94 valence electrons. The van der Waals surface area contributed by atoms with Gasteiger partial charge in [0, 0.05) is 0 Å². The largest absolute Gasteiger partial charge is 0.350 e. The normalized spacial score (nSPS) is 11.3. The molecule has 0 saturated heterocycles. The van der Waals surface area contributed by atoms with Gasteiger partial charge in [0.25, 0.3) is 5.92 Å². The molecule has 0 atom stereocenters. The lowest BCUT2D eigenvalue weighted by Gasteiger charge is -2.14. The van der Waals surface area contributed by atoms with Gasteiger partial charge in [0.15, 0.2) is 0 Å². The summed E-state index contributed by atoms with van der Waals surface area (Å²) in [7, 11) is 0. The van der Waals surface area contributed by atoms with Crippen molar-refractivity contribution in [3.05, 3.63) is 35.4 Å². The SMILES string of the molecule is Cc1ccccc1CC(=O)NCC(F)(F)CN. The fraction of sp³-hybridized carbons (Fsp3) is 0.417. The molecule has 0 aromatic heterocycles. The summed E-state index contributed by atoms with van der Waals surface area (Å²) in [4.78, 5) is 11.4. The first-order chi connectivity index (χ1) is 7.94. The van der Waals surface area contributed by atoms with E-state index in [9.17, 15) is 13.6 Å². The summed E-state index contributed by atoms with van der Waals surface area (Å²) < 4.78 is 25.6. The van der Waals surface area contributed by atoms with Gasteiger partial charge >= 0.3 is 0 Å². The number of halogens is 2. The number of hydrogen-bond donors (Lipinski definition) is 2. The van der Waals surface area contributed by atoms with E-state index in [1.807, 2.05) is 25.1 Å². The molecule has 5 heteroatoms. The van der Waals surface area contributed by atoms with Gasteiger partial charge in [-0.05, 0) is 18.1 Å². The number of benzene rings is 1. The van der Waals surface area contributed by atoms with Gasteiger partial charge in [0.2, 0.25) is 5.91 Å². The van der Waals surface area contributed by atoms with Crippen LogP contribution in [0.2, 0.25) is 0 Å². The minimum atomic E-state index is -3.04. The van der Waals surface area contributed by atoms with Crippen LogP contribution in [-0.2, 0) is 11.2 Å². The van der Waals surface area contributed by atoms with Crippen molar-refractivity contribution in [2.75, 3.05) is 13.1 Å². The van der Waals surface area contributed by atoms with Gasteiger partial charge < -0.3 is 11.1 Å². The van der Waals surface area contributed by atoms with Crippen LogP contribution < -0.4 is 11.1 Å². The van der Waals surface area contributed by atoms with Crippen molar-refractivity contribution in [3.63, 3.8) is 0 Å². The van der Waals surface area contributed by atoms with Crippen LogP contribution in [-0.4, -0.2) is 24.9 Å². The van der Waals surface area contributed by atoms with Crippen LogP contribution in [0, 0.1) is 6.92 Å². The van der Waals surface area contributed by atoms with Crippen LogP contribution in [0.4, 0.5) is 8.78 Å². The molecule has 0 unspecified atom stereocenters. The summed E-state index contributed by atoms with van der Waals surface area (Å²) >= 11 is 0. The zero-order chi connectivity index (χ0) is 12.9. The molecule has 0 aliphatic rings. The summed E-state index contributed by atoms with van der Waals surface area (Å²) in [6.07, 6.45) is 0.104. The van der Waals surface area contributed by atoms with Crippen molar-refractivity contribution in [2.24, 2.45) is 5.73 Å². The highest BCUT2D eigenvalue weighted by atomic mass is 19.3. The van der Waals surface area contributed by atoms with E-state index in [0.717, 1.165) is 11.1 Å². The van der Waals surface area contributed by atoms with E-state index in [4.69, 9.17) is 5.73 Å². The number of carbonyl (C=O) groups excluding carboxylic acids is 1. The van der Waals surface area contributed by atoms with Crippen LogP contribution in [0.5, 0.6) is 0 Å². The molecule has 1 rings (SSSR count). The average Bonchev–Trinajstić information content (AvgIpc) is 2.30. The minimum Gasteiger partial charge on any atom is -0.350 e. The predicted molar refractivity (Wildman–Crippen MR) is 61.9 cm³/mol. The molecule has 0 aliphatic carbocycles. The number of alkyl halides is 2. The number of amides is 1. The lowest BCUT2D eigenvalue weighted by atomic mass is 10.1. The molecule has 0 saturated carbocycles. The van der Waals surface area contributed by atoms with E-state index < -0.39 is 24.9 Å². The Labute approximate surface area is 99.0 Å². The van der Waals surface area contributed by atoms with Gasteiger partial charge in [-0.1, -0.05) is 24.3 Å². The van der Waals surface area contributed by atoms with Gasteiger partial charge in [-0.25, -0.2) is 8.78 Å². The monoisotopic (exact) mass is 242 g/mol. The summed E-state index contributed by atoms with van der Waals surface area (Å²) in [5, 5.41) is 2.18. The van der Waals surface area contributed by atoms with Crippen LogP contribution >= 0.6 is 0 Å². The summed E-state index contributed by atoms with van der Waals surface area (Å²) in [6.45, 7) is 0.392. The van der Waals surface area contributed by atoms with Crippen LogP contribution in [0.15, 0.2) is 24.3 Å². The van der Waals surface area contributed by atoms with E-state index in [0.29, 0.717) is 0 Å². The predicted octanol–water partition coefficient (Wildman–Crippen LogP) is 1.25. The molecule has 1 aromatic carbocycles. The number of nitrogens with two attached hydrogens (primary N) is 1. The molecule has 17 heavy (non-hydrogen) atoms. The first-order valence-corrected chi connectivity index (χ1v) is 5.34. The van der Waals surface area contributed by atoms with Crippen molar-refractivity contribution in [1.29, 1.82) is 0 Å². The molecule has 3 N–H and O–H groups in total. The van der Waals surface area contributed by atoms with E-state index in [1.54, 1.807) is 6.07 Å². The quantitative estimate of drug-likeness (QED) is 0.816. The Kier molecular flexibility index (Phi) is 4.57. The first-order valence-electron chi connectivity index (χ1n) is 5.34. The molecular formula is C12H16F2N2O. The molecule has 0 radical (unpaired) electrons. The summed E-state index contributed by atoms with van der Waals surface area (Å²) in [5.74, 6) is -3.46. The van der Waals surface area contributed by atoms with E-state index in [1.165, 1.54) is 0 Å². The Hall–Kier alpha value is -1.49. The molecule has 0 spiro atoms. The van der Waals surface area contributed by atoms with E-state index in [2.05, 4.69) is 5.32 Å². The van der Waals surface area contributed by atoms with Gasteiger partial charge in [0.1, 0.15) is 0 Å². The fourth-order valence-electron chi connectivity index (χ4n) is 1.34. The molecule has 0 bridgehead atoms. The zero-order valence-electron chi connectivity index (χ0n) is 9.67. The minimum absolute atomic E-state index is 0.104. The molecule has 0 aliphatic heterocycles. The Bertz CT molecular complexity index is 394. The molecule has 1 aromatic rings. The topological polar surface area (TPSA) is 55.1 Å².